The van der Waals surface area contributed by atoms with Crippen molar-refractivity contribution in [1.29, 1.82) is 5.26 Å². The minimum absolute atomic E-state index is 0.210. The highest BCUT2D eigenvalue weighted by Crippen LogP contribution is 2.37. The van der Waals surface area contributed by atoms with Gasteiger partial charge in [0.2, 0.25) is 0 Å². The number of likely N-dealkylation sites (N-methyl/N-ethyl adjacent to an activating group) is 1. The molecule has 5 nitrogen and oxygen atoms in total. The SMILES string of the molecule is CSC(=Nc1cc(C(F)(F)F)ccc1N1CCN(C)CC1)NC#N. The topological polar surface area (TPSA) is 54.7 Å². The van der Waals surface area contributed by atoms with Crippen LogP contribution in [0.4, 0.5) is 24.5 Å². The average Bonchev–Trinajstić information content (AvgIpc) is 2.54. The molecule has 0 radical (unpaired) electrons. The Kier molecular flexibility index (Phi) is 5.96. The zero-order valence-electron chi connectivity index (χ0n) is 13.4. The van der Waals surface area contributed by atoms with Crippen molar-refractivity contribution in [2.24, 2.45) is 4.99 Å². The minimum Gasteiger partial charge on any atom is -0.367 e. The van der Waals surface area contributed by atoms with E-state index in [1.807, 2.05) is 11.9 Å². The zero-order chi connectivity index (χ0) is 17.7. The van der Waals surface area contributed by atoms with E-state index in [1.54, 1.807) is 12.4 Å². The van der Waals surface area contributed by atoms with Crippen LogP contribution in [0.3, 0.4) is 0 Å². The van der Waals surface area contributed by atoms with Gasteiger partial charge in [-0.2, -0.15) is 18.4 Å². The zero-order valence-corrected chi connectivity index (χ0v) is 14.2. The molecule has 1 fully saturated rings. The van der Waals surface area contributed by atoms with E-state index in [0.29, 0.717) is 18.8 Å². The Labute approximate surface area is 143 Å². The van der Waals surface area contributed by atoms with Crippen LogP contribution < -0.4 is 10.2 Å². The fourth-order valence-electron chi connectivity index (χ4n) is 2.39. The third kappa shape index (κ3) is 4.55. The molecule has 1 aromatic rings. The lowest BCUT2D eigenvalue weighted by molar-refractivity contribution is -0.137. The Morgan fingerprint density at radius 1 is 1.29 bits per heavy atom. The molecule has 24 heavy (non-hydrogen) atoms. The normalized spacial score (nSPS) is 16.8. The lowest BCUT2D eigenvalue weighted by Crippen LogP contribution is -2.44. The molecule has 1 aliphatic heterocycles. The lowest BCUT2D eigenvalue weighted by Gasteiger charge is -2.34. The second-order valence-electron chi connectivity index (χ2n) is 5.35. The first kappa shape index (κ1) is 18.4. The van der Waals surface area contributed by atoms with Crippen LogP contribution in [-0.2, 0) is 6.18 Å². The van der Waals surface area contributed by atoms with E-state index in [2.05, 4.69) is 15.2 Å². The summed E-state index contributed by atoms with van der Waals surface area (Å²) in [4.78, 5) is 8.40. The molecule has 0 aromatic heterocycles. The first-order chi connectivity index (χ1) is 11.3. The molecule has 1 N–H and O–H groups in total. The summed E-state index contributed by atoms with van der Waals surface area (Å²) in [5, 5.41) is 11.4. The van der Waals surface area contributed by atoms with Gasteiger partial charge < -0.3 is 9.80 Å². The first-order valence-electron chi connectivity index (χ1n) is 7.27. The van der Waals surface area contributed by atoms with Crippen LogP contribution in [-0.4, -0.2) is 49.6 Å². The molecular formula is C15H18F3N5S. The van der Waals surface area contributed by atoms with Gasteiger partial charge in [-0.15, -0.1) is 0 Å². The number of nitrogens with one attached hydrogen (secondary N) is 1. The van der Waals surface area contributed by atoms with Gasteiger partial charge in [-0.25, -0.2) is 4.99 Å². The van der Waals surface area contributed by atoms with Crippen molar-refractivity contribution in [2.75, 3.05) is 44.4 Å². The van der Waals surface area contributed by atoms with Crippen LogP contribution in [0.2, 0.25) is 0 Å². The van der Waals surface area contributed by atoms with Gasteiger partial charge in [-0.1, -0.05) is 11.8 Å². The highest BCUT2D eigenvalue weighted by atomic mass is 32.2. The molecule has 1 heterocycles. The van der Waals surface area contributed by atoms with Crippen molar-refractivity contribution >= 4 is 28.3 Å². The Balaban J connectivity index is 2.44. The third-order valence-electron chi connectivity index (χ3n) is 3.72. The number of rotatable bonds is 2. The van der Waals surface area contributed by atoms with Gasteiger partial charge in [0, 0.05) is 26.2 Å². The number of thioether (sulfide) groups is 1. The number of nitriles is 1. The number of hydrogen-bond acceptors (Lipinski definition) is 5. The molecule has 1 aromatic carbocycles. The summed E-state index contributed by atoms with van der Waals surface area (Å²) in [6.07, 6.45) is -0.992. The molecule has 9 heteroatoms. The summed E-state index contributed by atoms with van der Waals surface area (Å²) in [5.41, 5.74) is 0.0976. The second kappa shape index (κ2) is 7.77. The molecule has 0 bridgehead atoms. The highest BCUT2D eigenvalue weighted by molar-refractivity contribution is 8.13. The predicted octanol–water partition coefficient (Wildman–Crippen LogP) is 2.88. The molecule has 1 aliphatic rings. The van der Waals surface area contributed by atoms with Crippen LogP contribution in [0.15, 0.2) is 23.2 Å². The van der Waals surface area contributed by atoms with Crippen LogP contribution >= 0.6 is 11.8 Å². The van der Waals surface area contributed by atoms with E-state index in [4.69, 9.17) is 5.26 Å². The highest BCUT2D eigenvalue weighted by Gasteiger charge is 2.31. The van der Waals surface area contributed by atoms with Gasteiger partial charge in [-0.05, 0) is 31.5 Å². The predicted molar refractivity (Wildman–Crippen MR) is 90.5 cm³/mol. The number of aliphatic imine (C=N–C) groups is 1. The molecule has 130 valence electrons. The second-order valence-corrected chi connectivity index (χ2v) is 6.14. The first-order valence-corrected chi connectivity index (χ1v) is 8.50. The van der Waals surface area contributed by atoms with E-state index in [1.165, 1.54) is 17.8 Å². The van der Waals surface area contributed by atoms with Crippen molar-refractivity contribution in [3.63, 3.8) is 0 Å². The maximum absolute atomic E-state index is 13.0. The van der Waals surface area contributed by atoms with Crippen molar-refractivity contribution < 1.29 is 13.2 Å². The Morgan fingerprint density at radius 3 is 2.50 bits per heavy atom. The van der Waals surface area contributed by atoms with Crippen LogP contribution in [0, 0.1) is 11.5 Å². The number of anilines is 1. The Hall–Kier alpha value is -1.92. The molecule has 0 unspecified atom stereocenters. The summed E-state index contributed by atoms with van der Waals surface area (Å²) in [5.74, 6) is 0. The molecule has 0 amide bonds. The van der Waals surface area contributed by atoms with Gasteiger partial charge in [0.1, 0.15) is 0 Å². The smallest absolute Gasteiger partial charge is 0.367 e. The van der Waals surface area contributed by atoms with Crippen molar-refractivity contribution in [3.8, 4) is 6.19 Å². The molecular weight excluding hydrogens is 339 g/mol. The van der Waals surface area contributed by atoms with Crippen LogP contribution in [0.5, 0.6) is 0 Å². The molecule has 0 atom stereocenters. The molecule has 2 rings (SSSR count). The van der Waals surface area contributed by atoms with Gasteiger partial charge in [0.25, 0.3) is 0 Å². The van der Waals surface area contributed by atoms with Crippen LogP contribution in [0.1, 0.15) is 5.56 Å². The van der Waals surface area contributed by atoms with E-state index in [9.17, 15) is 13.2 Å². The minimum atomic E-state index is -4.44. The average molecular weight is 357 g/mol. The van der Waals surface area contributed by atoms with Gasteiger partial charge >= 0.3 is 6.18 Å². The monoisotopic (exact) mass is 357 g/mol. The van der Waals surface area contributed by atoms with E-state index >= 15 is 0 Å². The quantitative estimate of drug-likeness (QED) is 0.382. The molecule has 0 saturated carbocycles. The maximum Gasteiger partial charge on any atom is 0.416 e. The summed E-state index contributed by atoms with van der Waals surface area (Å²) >= 11 is 1.17. The van der Waals surface area contributed by atoms with Crippen LogP contribution in [0.25, 0.3) is 0 Å². The number of amidine groups is 1. The number of alkyl halides is 3. The number of piperazine rings is 1. The standard InChI is InChI=1S/C15H18F3N5S/c1-22-5-7-23(8-6-22)13-4-3-11(15(16,17)18)9-12(13)21-14(24-2)20-10-19/h3-4,9H,5-8H2,1-2H3,(H,20,21). The van der Waals surface area contributed by atoms with E-state index in [-0.39, 0.29) is 10.9 Å². The van der Waals surface area contributed by atoms with Gasteiger partial charge in [0.05, 0.1) is 16.9 Å². The van der Waals surface area contributed by atoms with Crippen molar-refractivity contribution in [3.05, 3.63) is 23.8 Å². The largest absolute Gasteiger partial charge is 0.416 e. The van der Waals surface area contributed by atoms with E-state index in [0.717, 1.165) is 25.2 Å². The summed E-state index contributed by atoms with van der Waals surface area (Å²) in [6, 6.07) is 3.56. The Morgan fingerprint density at radius 2 is 1.96 bits per heavy atom. The number of hydrogen-bond donors (Lipinski definition) is 1. The fourth-order valence-corrected chi connectivity index (χ4v) is 2.72. The Bertz CT molecular complexity index is 645. The number of benzene rings is 1. The third-order valence-corrected chi connectivity index (χ3v) is 4.30. The van der Waals surface area contributed by atoms with Crippen molar-refractivity contribution in [1.82, 2.24) is 10.2 Å². The summed E-state index contributed by atoms with van der Waals surface area (Å²) in [6.45, 7) is 3.08. The van der Waals surface area contributed by atoms with Crippen molar-refractivity contribution in [2.45, 2.75) is 6.18 Å². The number of nitrogens with zero attached hydrogens (tertiary/aromatic N) is 4. The molecule has 0 aliphatic carbocycles. The summed E-state index contributed by atoms with van der Waals surface area (Å²) < 4.78 is 39.1. The number of halogens is 3. The van der Waals surface area contributed by atoms with E-state index < -0.39 is 11.7 Å². The fraction of sp³-hybridized carbons (Fsp3) is 0.467. The van der Waals surface area contributed by atoms with Gasteiger partial charge in [0.15, 0.2) is 11.4 Å². The lowest BCUT2D eigenvalue weighted by atomic mass is 10.1. The molecule has 0 spiro atoms. The molecule has 1 saturated heterocycles. The van der Waals surface area contributed by atoms with Gasteiger partial charge in [-0.3, -0.25) is 5.32 Å². The maximum atomic E-state index is 13.0. The summed E-state index contributed by atoms with van der Waals surface area (Å²) in [7, 11) is 2.01.